The molecule has 1 aliphatic heterocycles. The summed E-state index contributed by atoms with van der Waals surface area (Å²) in [5, 5.41) is 22.2. The van der Waals surface area contributed by atoms with Crippen molar-refractivity contribution < 1.29 is 33.0 Å². The minimum atomic E-state index is -3.43. The van der Waals surface area contributed by atoms with Gasteiger partial charge in [0.15, 0.2) is 9.84 Å². The van der Waals surface area contributed by atoms with E-state index < -0.39 is 27.8 Å². The number of sulfone groups is 1. The van der Waals surface area contributed by atoms with E-state index in [1.54, 1.807) is 41.3 Å². The van der Waals surface area contributed by atoms with Gasteiger partial charge in [0.2, 0.25) is 5.91 Å². The van der Waals surface area contributed by atoms with Gasteiger partial charge in [-0.2, -0.15) is 0 Å². The highest BCUT2D eigenvalue weighted by Crippen LogP contribution is 2.35. The van der Waals surface area contributed by atoms with Crippen molar-refractivity contribution >= 4 is 56.9 Å². The van der Waals surface area contributed by atoms with Crippen LogP contribution < -0.4 is 5.32 Å². The largest absolute Gasteiger partial charge is 0.507 e. The molecule has 1 heterocycles. The zero-order chi connectivity index (χ0) is 30.6. The third-order valence-corrected chi connectivity index (χ3v) is 8.76. The Labute approximate surface area is 253 Å². The summed E-state index contributed by atoms with van der Waals surface area (Å²) < 4.78 is 23.7. The van der Waals surface area contributed by atoms with Crippen LogP contribution in [0.4, 0.5) is 0 Å². The Bertz CT molecular complexity index is 1690. The van der Waals surface area contributed by atoms with Crippen LogP contribution in [0.3, 0.4) is 0 Å². The van der Waals surface area contributed by atoms with E-state index in [0.717, 1.165) is 6.26 Å². The molecule has 0 fully saturated rings. The molecule has 2 amide bonds. The SMILES string of the molecule is CS(=O)(=O)c1cccc(CC[C@H](NC(=O)c2c(Cl)cc3c(c2Cl)CCN(C(=O)/C=C/c2ccccc2O)C3)C(=O)O)c1. The van der Waals surface area contributed by atoms with Crippen LogP contribution in [0.5, 0.6) is 5.75 Å². The maximum absolute atomic E-state index is 13.2. The summed E-state index contributed by atoms with van der Waals surface area (Å²) in [6, 6.07) is 13.1. The number of carboxylic acids is 1. The number of amides is 2. The van der Waals surface area contributed by atoms with Crippen LogP contribution in [0.1, 0.15) is 39.0 Å². The Morgan fingerprint density at radius 3 is 2.52 bits per heavy atom. The summed E-state index contributed by atoms with van der Waals surface area (Å²) in [7, 11) is -3.43. The number of phenols is 1. The second-order valence-corrected chi connectivity index (χ2v) is 12.7. The van der Waals surface area contributed by atoms with Crippen LogP contribution in [-0.4, -0.2) is 60.2 Å². The van der Waals surface area contributed by atoms with E-state index >= 15 is 0 Å². The van der Waals surface area contributed by atoms with Crippen molar-refractivity contribution in [3.8, 4) is 5.75 Å². The Morgan fingerprint density at radius 1 is 1.10 bits per heavy atom. The maximum atomic E-state index is 13.2. The lowest BCUT2D eigenvalue weighted by atomic mass is 9.96. The first-order valence-electron chi connectivity index (χ1n) is 12.9. The fraction of sp³-hybridized carbons (Fsp3) is 0.233. The number of nitrogens with one attached hydrogen (secondary N) is 1. The monoisotopic (exact) mass is 630 g/mol. The van der Waals surface area contributed by atoms with Crippen molar-refractivity contribution in [3.63, 3.8) is 0 Å². The van der Waals surface area contributed by atoms with Crippen LogP contribution in [-0.2, 0) is 38.8 Å². The number of hydrogen-bond donors (Lipinski definition) is 3. The van der Waals surface area contributed by atoms with Crippen molar-refractivity contribution in [1.82, 2.24) is 10.2 Å². The molecular formula is C30H28Cl2N2O7S. The minimum Gasteiger partial charge on any atom is -0.507 e. The molecule has 0 bridgehead atoms. The first kappa shape index (κ1) is 31.1. The molecule has 0 aliphatic carbocycles. The number of aryl methyl sites for hydroxylation is 1. The highest BCUT2D eigenvalue weighted by atomic mass is 35.5. The molecule has 0 aromatic heterocycles. The van der Waals surface area contributed by atoms with E-state index in [2.05, 4.69) is 5.32 Å². The van der Waals surface area contributed by atoms with Gasteiger partial charge in [-0.3, -0.25) is 9.59 Å². The van der Waals surface area contributed by atoms with Crippen molar-refractivity contribution in [2.45, 2.75) is 36.7 Å². The number of carbonyl (C=O) groups is 3. The fourth-order valence-electron chi connectivity index (χ4n) is 4.67. The predicted octanol–water partition coefficient (Wildman–Crippen LogP) is 4.52. The zero-order valence-electron chi connectivity index (χ0n) is 22.5. The molecule has 42 heavy (non-hydrogen) atoms. The molecule has 9 nitrogen and oxygen atoms in total. The molecule has 0 saturated carbocycles. The van der Waals surface area contributed by atoms with Crippen LogP contribution in [0.2, 0.25) is 10.0 Å². The lowest BCUT2D eigenvalue weighted by Gasteiger charge is -2.29. The number of fused-ring (bicyclic) bond motifs is 1. The lowest BCUT2D eigenvalue weighted by Crippen LogP contribution is -2.41. The Morgan fingerprint density at radius 2 is 1.83 bits per heavy atom. The second-order valence-electron chi connectivity index (χ2n) is 9.91. The van der Waals surface area contributed by atoms with Gasteiger partial charge in [-0.05, 0) is 66.3 Å². The molecule has 1 aliphatic rings. The van der Waals surface area contributed by atoms with Crippen LogP contribution >= 0.6 is 23.2 Å². The molecule has 4 rings (SSSR count). The van der Waals surface area contributed by atoms with Gasteiger partial charge >= 0.3 is 5.97 Å². The fourth-order valence-corrected chi connectivity index (χ4v) is 6.13. The number of nitrogens with zero attached hydrogens (tertiary/aromatic N) is 1. The summed E-state index contributed by atoms with van der Waals surface area (Å²) in [6.07, 6.45) is 4.54. The summed E-state index contributed by atoms with van der Waals surface area (Å²) in [6.45, 7) is 0.522. The number of aliphatic carboxylic acids is 1. The summed E-state index contributed by atoms with van der Waals surface area (Å²) >= 11 is 13.1. The van der Waals surface area contributed by atoms with E-state index in [1.807, 2.05) is 0 Å². The molecule has 0 radical (unpaired) electrons. The van der Waals surface area contributed by atoms with Crippen molar-refractivity contribution in [1.29, 1.82) is 0 Å². The number of aromatic hydroxyl groups is 1. The molecule has 3 aromatic rings. The zero-order valence-corrected chi connectivity index (χ0v) is 24.8. The standard InChI is InChI=1S/C30H28Cl2N2O7S/c1-42(40,41)21-7-4-5-18(15-21)9-11-24(30(38)39)33-29(37)27-23(31)16-20-17-34(14-13-22(20)28(27)32)26(36)12-10-19-6-2-3-8-25(19)35/h2-8,10,12,15-16,24,35H,9,11,13-14,17H2,1H3,(H,33,37)(H,38,39)/b12-10+/t24-/m0/s1. The highest BCUT2D eigenvalue weighted by Gasteiger charge is 2.29. The predicted molar refractivity (Wildman–Crippen MR) is 159 cm³/mol. The number of hydrogen-bond acceptors (Lipinski definition) is 6. The van der Waals surface area contributed by atoms with E-state index in [4.69, 9.17) is 23.2 Å². The smallest absolute Gasteiger partial charge is 0.326 e. The molecule has 0 spiro atoms. The van der Waals surface area contributed by atoms with Crippen molar-refractivity contribution in [2.75, 3.05) is 12.8 Å². The van der Waals surface area contributed by atoms with Gasteiger partial charge in [-0.15, -0.1) is 0 Å². The van der Waals surface area contributed by atoms with Gasteiger partial charge in [0.1, 0.15) is 11.8 Å². The highest BCUT2D eigenvalue weighted by molar-refractivity contribution is 7.90. The van der Waals surface area contributed by atoms with Crippen LogP contribution in [0, 0.1) is 0 Å². The number of carbonyl (C=O) groups excluding carboxylic acids is 2. The van der Waals surface area contributed by atoms with E-state index in [1.165, 1.54) is 30.4 Å². The van der Waals surface area contributed by atoms with Crippen molar-refractivity contribution in [2.24, 2.45) is 0 Å². The van der Waals surface area contributed by atoms with E-state index in [9.17, 15) is 33.0 Å². The summed E-state index contributed by atoms with van der Waals surface area (Å²) in [5.74, 6) is -2.24. The van der Waals surface area contributed by atoms with Gasteiger partial charge in [0, 0.05) is 31.0 Å². The first-order valence-corrected chi connectivity index (χ1v) is 15.6. The molecule has 0 saturated heterocycles. The number of rotatable bonds is 9. The number of halogens is 2. The average Bonchev–Trinajstić information content (AvgIpc) is 2.94. The van der Waals surface area contributed by atoms with Gasteiger partial charge in [0.25, 0.3) is 5.91 Å². The number of benzene rings is 3. The van der Waals surface area contributed by atoms with Gasteiger partial charge in [-0.25, -0.2) is 13.2 Å². The number of carboxylic acid groups (broad SMARTS) is 1. The normalized spacial score (nSPS) is 13.9. The Balaban J connectivity index is 1.46. The molecule has 3 aromatic carbocycles. The molecule has 1 atom stereocenters. The molecule has 12 heteroatoms. The van der Waals surface area contributed by atoms with E-state index in [-0.39, 0.29) is 51.5 Å². The van der Waals surface area contributed by atoms with Gasteiger partial charge in [0.05, 0.1) is 20.5 Å². The average molecular weight is 632 g/mol. The number of phenolic OH excluding ortho intramolecular Hbond substituents is 1. The minimum absolute atomic E-state index is 0.000186. The Hall–Kier alpha value is -3.86. The number of para-hydroxylation sites is 1. The maximum Gasteiger partial charge on any atom is 0.326 e. The van der Waals surface area contributed by atoms with Gasteiger partial charge in [-0.1, -0.05) is 53.5 Å². The topological polar surface area (TPSA) is 141 Å². The molecular weight excluding hydrogens is 603 g/mol. The molecule has 220 valence electrons. The third-order valence-electron chi connectivity index (χ3n) is 6.94. The summed E-state index contributed by atoms with van der Waals surface area (Å²) in [5.41, 5.74) is 2.37. The lowest BCUT2D eigenvalue weighted by molar-refractivity contribution is -0.139. The van der Waals surface area contributed by atoms with Crippen LogP contribution in [0.25, 0.3) is 6.08 Å². The van der Waals surface area contributed by atoms with Crippen molar-refractivity contribution in [3.05, 3.63) is 98.5 Å². The van der Waals surface area contributed by atoms with Crippen LogP contribution in [0.15, 0.2) is 65.6 Å². The first-order chi connectivity index (χ1) is 19.8. The Kier molecular flexibility index (Phi) is 9.60. The quantitative estimate of drug-likeness (QED) is 0.295. The third kappa shape index (κ3) is 7.31. The van der Waals surface area contributed by atoms with E-state index in [0.29, 0.717) is 35.2 Å². The second kappa shape index (κ2) is 13.0. The molecule has 3 N–H and O–H groups in total. The van der Waals surface area contributed by atoms with Gasteiger partial charge < -0.3 is 20.4 Å². The summed E-state index contributed by atoms with van der Waals surface area (Å²) in [4.78, 5) is 39.6. The molecule has 0 unspecified atom stereocenters.